The second-order valence-corrected chi connectivity index (χ2v) is 7.71. The highest BCUT2D eigenvalue weighted by molar-refractivity contribution is 7.19. The number of fused-ring (bicyclic) bond motifs is 1. The second kappa shape index (κ2) is 6.77. The molecule has 0 bridgehead atoms. The SMILES string of the molecule is Cc1c(C(=O)N2CCCC(C(=O)O)C2)sc2nc(-c3ccc(F)cc3)cn12. The number of carboxylic acids is 1. The molecule has 4 rings (SSSR count). The molecule has 1 saturated heterocycles. The minimum absolute atomic E-state index is 0.141. The molecule has 2 aromatic heterocycles. The van der Waals surface area contributed by atoms with E-state index in [1.165, 1.54) is 23.5 Å². The third kappa shape index (κ3) is 3.21. The Labute approximate surface area is 158 Å². The number of likely N-dealkylation sites (tertiary alicyclic amines) is 1. The normalized spacial score (nSPS) is 17.4. The lowest BCUT2D eigenvalue weighted by molar-refractivity contribution is -0.143. The van der Waals surface area contributed by atoms with Gasteiger partial charge >= 0.3 is 5.97 Å². The summed E-state index contributed by atoms with van der Waals surface area (Å²) in [4.78, 5) is 31.6. The van der Waals surface area contributed by atoms with Gasteiger partial charge in [-0.15, -0.1) is 0 Å². The van der Waals surface area contributed by atoms with Crippen LogP contribution in [0.15, 0.2) is 30.5 Å². The van der Waals surface area contributed by atoms with Crippen LogP contribution in [0.4, 0.5) is 4.39 Å². The highest BCUT2D eigenvalue weighted by Crippen LogP contribution is 2.29. The third-order valence-electron chi connectivity index (χ3n) is 4.95. The van der Waals surface area contributed by atoms with Crippen LogP contribution >= 0.6 is 11.3 Å². The topological polar surface area (TPSA) is 74.9 Å². The van der Waals surface area contributed by atoms with E-state index in [9.17, 15) is 19.1 Å². The molecule has 6 nitrogen and oxygen atoms in total. The van der Waals surface area contributed by atoms with Crippen LogP contribution in [0.3, 0.4) is 0 Å². The minimum Gasteiger partial charge on any atom is -0.481 e. The van der Waals surface area contributed by atoms with Crippen molar-refractivity contribution in [2.75, 3.05) is 13.1 Å². The first-order valence-electron chi connectivity index (χ1n) is 8.70. The van der Waals surface area contributed by atoms with Gasteiger partial charge in [0, 0.05) is 30.5 Å². The van der Waals surface area contributed by atoms with Crippen molar-refractivity contribution in [3.05, 3.63) is 46.9 Å². The number of aryl methyl sites for hydroxylation is 1. The summed E-state index contributed by atoms with van der Waals surface area (Å²) in [6.45, 7) is 2.67. The number of carboxylic acid groups (broad SMARTS) is 1. The van der Waals surface area contributed by atoms with Crippen LogP contribution in [0.1, 0.15) is 28.2 Å². The van der Waals surface area contributed by atoms with Gasteiger partial charge in [0.05, 0.1) is 11.6 Å². The Hall–Kier alpha value is -2.74. The minimum atomic E-state index is -0.853. The monoisotopic (exact) mass is 387 g/mol. The Balaban J connectivity index is 1.62. The van der Waals surface area contributed by atoms with E-state index in [4.69, 9.17) is 0 Å². The van der Waals surface area contributed by atoms with Gasteiger partial charge in [0.15, 0.2) is 4.96 Å². The Morgan fingerprint density at radius 2 is 2.04 bits per heavy atom. The zero-order chi connectivity index (χ0) is 19.1. The van der Waals surface area contributed by atoms with Crippen molar-refractivity contribution in [1.82, 2.24) is 14.3 Å². The fraction of sp³-hybridized carbons (Fsp3) is 0.316. The molecule has 3 heterocycles. The number of aliphatic carboxylic acids is 1. The number of hydrogen-bond acceptors (Lipinski definition) is 4. The van der Waals surface area contributed by atoms with Crippen LogP contribution in [0.25, 0.3) is 16.2 Å². The van der Waals surface area contributed by atoms with Crippen LogP contribution in [-0.2, 0) is 4.79 Å². The molecule has 1 aromatic carbocycles. The molecule has 0 aliphatic carbocycles. The maximum absolute atomic E-state index is 13.1. The van der Waals surface area contributed by atoms with E-state index >= 15 is 0 Å². The van der Waals surface area contributed by atoms with Gasteiger partial charge < -0.3 is 10.0 Å². The second-order valence-electron chi connectivity index (χ2n) is 6.73. The standard InChI is InChI=1S/C19H18FN3O3S/c1-11-16(17(24)22-8-2-3-13(9-22)18(25)26)27-19-21-15(10-23(11)19)12-4-6-14(20)7-5-12/h4-7,10,13H,2-3,8-9H2,1H3,(H,25,26). The number of rotatable bonds is 3. The number of halogens is 1. The first kappa shape index (κ1) is 17.7. The van der Waals surface area contributed by atoms with Crippen LogP contribution in [0, 0.1) is 18.7 Å². The summed E-state index contributed by atoms with van der Waals surface area (Å²) in [6, 6.07) is 6.12. The van der Waals surface area contributed by atoms with E-state index in [2.05, 4.69) is 4.98 Å². The molecule has 0 radical (unpaired) electrons. The van der Waals surface area contributed by atoms with Crippen LogP contribution in [-0.4, -0.2) is 44.4 Å². The van der Waals surface area contributed by atoms with E-state index in [0.717, 1.165) is 11.3 Å². The number of piperidine rings is 1. The Bertz CT molecular complexity index is 1020. The quantitative estimate of drug-likeness (QED) is 0.747. The molecule has 140 valence electrons. The number of carbonyl (C=O) groups excluding carboxylic acids is 1. The number of carbonyl (C=O) groups is 2. The van der Waals surface area contributed by atoms with E-state index in [-0.39, 0.29) is 18.3 Å². The third-order valence-corrected chi connectivity index (χ3v) is 6.09. The van der Waals surface area contributed by atoms with E-state index in [1.54, 1.807) is 17.0 Å². The number of thiazole rings is 1. The summed E-state index contributed by atoms with van der Waals surface area (Å²) in [5, 5.41) is 9.23. The van der Waals surface area contributed by atoms with Crippen LogP contribution in [0.2, 0.25) is 0 Å². The molecule has 1 N–H and O–H groups in total. The number of amides is 1. The van der Waals surface area contributed by atoms with Gasteiger partial charge in [-0.3, -0.25) is 14.0 Å². The van der Waals surface area contributed by atoms with E-state index in [0.29, 0.717) is 34.9 Å². The Kier molecular flexibility index (Phi) is 4.43. The summed E-state index contributed by atoms with van der Waals surface area (Å²) >= 11 is 1.29. The fourth-order valence-corrected chi connectivity index (χ4v) is 4.49. The number of benzene rings is 1. The molecule has 0 saturated carbocycles. The van der Waals surface area contributed by atoms with Gasteiger partial charge in [0.1, 0.15) is 10.7 Å². The Morgan fingerprint density at radius 1 is 1.30 bits per heavy atom. The first-order valence-corrected chi connectivity index (χ1v) is 9.52. The van der Waals surface area contributed by atoms with Crippen molar-refractivity contribution >= 4 is 28.2 Å². The van der Waals surface area contributed by atoms with Crippen molar-refractivity contribution in [3.8, 4) is 11.3 Å². The first-order chi connectivity index (χ1) is 12.9. The lowest BCUT2D eigenvalue weighted by Gasteiger charge is -2.30. The van der Waals surface area contributed by atoms with Gasteiger partial charge in [0.2, 0.25) is 0 Å². The lowest BCUT2D eigenvalue weighted by Crippen LogP contribution is -2.42. The van der Waals surface area contributed by atoms with Crippen LogP contribution in [0.5, 0.6) is 0 Å². The lowest BCUT2D eigenvalue weighted by atomic mass is 9.98. The molecule has 1 fully saturated rings. The number of nitrogens with zero attached hydrogens (tertiary/aromatic N) is 3. The smallest absolute Gasteiger partial charge is 0.308 e. The molecule has 0 spiro atoms. The molecule has 3 aromatic rings. The Morgan fingerprint density at radius 3 is 2.70 bits per heavy atom. The average Bonchev–Trinajstić information content (AvgIpc) is 3.21. The average molecular weight is 387 g/mol. The van der Waals surface area contributed by atoms with Crippen molar-refractivity contribution in [3.63, 3.8) is 0 Å². The maximum Gasteiger partial charge on any atom is 0.308 e. The zero-order valence-electron chi connectivity index (χ0n) is 14.7. The van der Waals surface area contributed by atoms with Gasteiger partial charge in [-0.25, -0.2) is 9.37 Å². The zero-order valence-corrected chi connectivity index (χ0v) is 15.5. The number of imidazole rings is 1. The van der Waals surface area contributed by atoms with E-state index < -0.39 is 11.9 Å². The highest BCUT2D eigenvalue weighted by Gasteiger charge is 2.30. The van der Waals surface area contributed by atoms with Gasteiger partial charge in [0.25, 0.3) is 5.91 Å². The summed E-state index contributed by atoms with van der Waals surface area (Å²) in [5.74, 6) is -1.80. The molecule has 27 heavy (non-hydrogen) atoms. The number of hydrogen-bond donors (Lipinski definition) is 1. The van der Waals surface area contributed by atoms with Crippen LogP contribution < -0.4 is 0 Å². The number of aromatic nitrogens is 2. The summed E-state index contributed by atoms with van der Waals surface area (Å²) in [6.07, 6.45) is 3.13. The van der Waals surface area contributed by atoms with Crippen molar-refractivity contribution in [2.24, 2.45) is 5.92 Å². The fourth-order valence-electron chi connectivity index (χ4n) is 3.42. The van der Waals surface area contributed by atoms with Crippen molar-refractivity contribution < 1.29 is 19.1 Å². The molecule has 1 aliphatic heterocycles. The highest BCUT2D eigenvalue weighted by atomic mass is 32.1. The molecule has 1 amide bonds. The van der Waals surface area contributed by atoms with Crippen molar-refractivity contribution in [2.45, 2.75) is 19.8 Å². The summed E-state index contributed by atoms with van der Waals surface area (Å²) in [5.41, 5.74) is 2.30. The molecule has 8 heteroatoms. The van der Waals surface area contributed by atoms with Gasteiger partial charge in [-0.2, -0.15) is 0 Å². The van der Waals surface area contributed by atoms with Gasteiger partial charge in [-0.05, 0) is 44.0 Å². The van der Waals surface area contributed by atoms with Gasteiger partial charge in [-0.1, -0.05) is 11.3 Å². The predicted molar refractivity (Wildman–Crippen MR) is 99.5 cm³/mol. The molecular formula is C19H18FN3O3S. The summed E-state index contributed by atoms with van der Waals surface area (Å²) < 4.78 is 15.0. The molecule has 1 atom stereocenters. The molecule has 1 aliphatic rings. The van der Waals surface area contributed by atoms with Crippen molar-refractivity contribution in [1.29, 1.82) is 0 Å². The molecular weight excluding hydrogens is 369 g/mol. The largest absolute Gasteiger partial charge is 0.481 e. The maximum atomic E-state index is 13.1. The summed E-state index contributed by atoms with van der Waals surface area (Å²) in [7, 11) is 0. The molecule has 1 unspecified atom stereocenters. The van der Waals surface area contributed by atoms with E-state index in [1.807, 2.05) is 17.5 Å². The predicted octanol–water partition coefficient (Wildman–Crippen LogP) is 3.45.